The number of carbonyl (C=O) groups is 5. The molecule has 1 saturated carbocycles. The van der Waals surface area contributed by atoms with E-state index in [-0.39, 0.29) is 36.2 Å². The van der Waals surface area contributed by atoms with Gasteiger partial charge in [-0.3, -0.25) is 24.5 Å². The van der Waals surface area contributed by atoms with E-state index in [2.05, 4.69) is 63.6 Å². The number of aromatic nitrogens is 3. The van der Waals surface area contributed by atoms with Crippen molar-refractivity contribution in [1.82, 2.24) is 46.0 Å². The predicted octanol–water partition coefficient (Wildman–Crippen LogP) is 4.32. The predicted molar refractivity (Wildman–Crippen MR) is 249 cm³/mol. The van der Waals surface area contributed by atoms with E-state index in [0.717, 1.165) is 49.2 Å². The Balaban J connectivity index is 0.687. The normalized spacial score (nSPS) is 19.3. The molecule has 2 saturated heterocycles. The minimum atomic E-state index is -0.636. The largest absolute Gasteiger partial charge is 0.379 e. The molecule has 0 radical (unpaired) electrons. The zero-order valence-electron chi connectivity index (χ0n) is 36.7. The zero-order chi connectivity index (χ0) is 46.0. The molecule has 5 heterocycles. The Labute approximate surface area is 388 Å². The maximum absolute atomic E-state index is 13.2. The van der Waals surface area contributed by atoms with Gasteiger partial charge in [0.15, 0.2) is 5.82 Å². The van der Waals surface area contributed by atoms with Crippen LogP contribution in [0.4, 0.5) is 33.8 Å². The molecular formula is C47H53ClN12O6. The second-order valence-electron chi connectivity index (χ2n) is 16.5. The topological polar surface area (TPSA) is 215 Å². The Bertz CT molecular complexity index is 2500. The van der Waals surface area contributed by atoms with Crippen molar-refractivity contribution in [3.8, 4) is 11.8 Å². The Kier molecular flexibility index (Phi) is 14.9. The first-order chi connectivity index (χ1) is 32.1. The van der Waals surface area contributed by atoms with Crippen LogP contribution in [0.1, 0.15) is 76.8 Å². The minimum Gasteiger partial charge on any atom is -0.379 e. The van der Waals surface area contributed by atoms with Gasteiger partial charge >= 0.3 is 6.03 Å². The molecule has 2 aromatic heterocycles. The number of benzene rings is 2. The Morgan fingerprint density at radius 3 is 2.48 bits per heavy atom. The van der Waals surface area contributed by atoms with Crippen molar-refractivity contribution < 1.29 is 28.7 Å². The van der Waals surface area contributed by atoms with Gasteiger partial charge in [-0.1, -0.05) is 35.6 Å². The maximum Gasteiger partial charge on any atom is 0.317 e. The summed E-state index contributed by atoms with van der Waals surface area (Å²) in [5, 5.41) is 18.4. The molecule has 4 aromatic rings. The van der Waals surface area contributed by atoms with E-state index in [1.54, 1.807) is 37.5 Å². The van der Waals surface area contributed by atoms with Gasteiger partial charge in [0.2, 0.25) is 17.8 Å². The molecule has 6 N–H and O–H groups in total. The number of hydrogen-bond acceptors (Lipinski definition) is 13. The molecule has 3 aliphatic heterocycles. The number of piperazine rings is 1. The quantitative estimate of drug-likeness (QED) is 0.0592. The summed E-state index contributed by atoms with van der Waals surface area (Å²) in [6.45, 7) is 4.67. The van der Waals surface area contributed by atoms with Crippen LogP contribution in [0.25, 0.3) is 0 Å². The Morgan fingerprint density at radius 2 is 1.71 bits per heavy atom. The van der Waals surface area contributed by atoms with Crippen LogP contribution in [-0.2, 0) is 20.9 Å². The molecule has 6 amide bonds. The SMILES string of the molecule is CNC(=O)c1ccccc1Nc1nc(Nc2ccc(N3CCN(C(=O)N[C@H]4CC[C@@H](NCCOCCC#Cc5ccc6c(c5)CN(C5CCC(=O)NC5=O)C6=O)CC4)CC3)nc2)ncc1Cl. The van der Waals surface area contributed by atoms with Crippen molar-refractivity contribution in [2.75, 3.05) is 68.5 Å². The van der Waals surface area contributed by atoms with E-state index in [4.69, 9.17) is 16.3 Å². The first-order valence-corrected chi connectivity index (χ1v) is 22.7. The summed E-state index contributed by atoms with van der Waals surface area (Å²) in [6.07, 6.45) is 8.12. The average Bonchev–Trinajstić information content (AvgIpc) is 3.66. The van der Waals surface area contributed by atoms with Crippen LogP contribution < -0.4 is 36.8 Å². The number of hydrogen-bond donors (Lipinski definition) is 6. The van der Waals surface area contributed by atoms with Crippen molar-refractivity contribution in [3.05, 3.63) is 94.3 Å². The lowest BCUT2D eigenvalue weighted by molar-refractivity contribution is -0.136. The number of anilines is 5. The van der Waals surface area contributed by atoms with Gasteiger partial charge in [-0.25, -0.2) is 14.8 Å². The second-order valence-corrected chi connectivity index (χ2v) is 16.9. The first-order valence-electron chi connectivity index (χ1n) is 22.3. The van der Waals surface area contributed by atoms with Crippen molar-refractivity contribution in [2.24, 2.45) is 0 Å². The fourth-order valence-electron chi connectivity index (χ4n) is 8.57. The number of urea groups is 1. The molecule has 8 rings (SSSR count). The summed E-state index contributed by atoms with van der Waals surface area (Å²) in [5.41, 5.74) is 3.90. The highest BCUT2D eigenvalue weighted by molar-refractivity contribution is 6.33. The fourth-order valence-corrected chi connectivity index (χ4v) is 8.71. The van der Waals surface area contributed by atoms with Gasteiger partial charge < -0.3 is 46.0 Å². The van der Waals surface area contributed by atoms with E-state index in [0.29, 0.717) is 104 Å². The third-order valence-corrected chi connectivity index (χ3v) is 12.4. The fraction of sp³-hybridized carbons (Fsp3) is 0.404. The third-order valence-electron chi connectivity index (χ3n) is 12.2. The molecule has 66 heavy (non-hydrogen) atoms. The summed E-state index contributed by atoms with van der Waals surface area (Å²) in [7, 11) is 1.57. The standard InChI is InChI=1S/C47H53ClN12O6/c1-49-43(62)36-7-2-3-8-38(36)55-42-37(48)28-52-46(57-42)53-34-14-17-40(51-27-34)58-20-22-59(23-21-58)47(65)54-33-12-10-32(11-13-33)50-19-25-66-24-5-4-6-30-9-15-35-31(26-30)29-60(45(35)64)39-16-18-41(61)56-44(39)63/h2-3,7-9,14-15,17,26-28,32-33,39,50H,5,10-13,16,18-25,29H2,1H3,(H,49,62)(H,54,65)(H,56,61,63)(H2,52,53,55,57)/t32-,33+,39?. The van der Waals surface area contributed by atoms with E-state index in [1.807, 2.05) is 35.2 Å². The number of rotatable bonds is 14. The number of nitrogens with one attached hydrogen (secondary N) is 6. The summed E-state index contributed by atoms with van der Waals surface area (Å²) in [6, 6.07) is 16.2. The number of piperidine rings is 1. The highest BCUT2D eigenvalue weighted by atomic mass is 35.5. The molecule has 344 valence electrons. The van der Waals surface area contributed by atoms with Gasteiger partial charge in [0.25, 0.3) is 11.8 Å². The van der Waals surface area contributed by atoms with Crippen LogP contribution in [0.3, 0.4) is 0 Å². The van der Waals surface area contributed by atoms with E-state index in [1.165, 1.54) is 11.1 Å². The van der Waals surface area contributed by atoms with Crippen LogP contribution >= 0.6 is 11.6 Å². The van der Waals surface area contributed by atoms with Crippen molar-refractivity contribution in [3.63, 3.8) is 0 Å². The van der Waals surface area contributed by atoms with Gasteiger partial charge in [-0.05, 0) is 80.1 Å². The lowest BCUT2D eigenvalue weighted by Crippen LogP contribution is -2.54. The summed E-state index contributed by atoms with van der Waals surface area (Å²) in [5.74, 6) is 6.60. The molecule has 1 atom stereocenters. The van der Waals surface area contributed by atoms with Crippen molar-refractivity contribution in [1.29, 1.82) is 0 Å². The van der Waals surface area contributed by atoms with Crippen molar-refractivity contribution >= 4 is 70.2 Å². The van der Waals surface area contributed by atoms with E-state index >= 15 is 0 Å². The highest BCUT2D eigenvalue weighted by Gasteiger charge is 2.39. The molecular weight excluding hydrogens is 864 g/mol. The van der Waals surface area contributed by atoms with Gasteiger partial charge in [-0.15, -0.1) is 0 Å². The number of ether oxygens (including phenoxy) is 1. The van der Waals surface area contributed by atoms with Crippen LogP contribution in [0.5, 0.6) is 0 Å². The number of amides is 6. The Hall–Kier alpha value is -6.81. The molecule has 19 heteroatoms. The van der Waals surface area contributed by atoms with Gasteiger partial charge in [0.1, 0.15) is 16.9 Å². The summed E-state index contributed by atoms with van der Waals surface area (Å²) < 4.78 is 5.82. The molecule has 4 aliphatic rings. The number of para-hydroxylation sites is 1. The molecule has 0 spiro atoms. The van der Waals surface area contributed by atoms with Crippen LogP contribution in [0, 0.1) is 11.8 Å². The van der Waals surface area contributed by atoms with Crippen LogP contribution in [-0.4, -0.2) is 126 Å². The summed E-state index contributed by atoms with van der Waals surface area (Å²) in [4.78, 5) is 81.4. The third kappa shape index (κ3) is 11.3. The molecule has 1 aliphatic carbocycles. The second kappa shape index (κ2) is 21.5. The molecule has 2 aromatic carbocycles. The monoisotopic (exact) mass is 916 g/mol. The number of carbonyl (C=O) groups excluding carboxylic acids is 5. The number of halogens is 1. The highest BCUT2D eigenvalue weighted by Crippen LogP contribution is 2.29. The maximum atomic E-state index is 13.2. The van der Waals surface area contributed by atoms with Gasteiger partial charge in [0, 0.05) is 82.4 Å². The minimum absolute atomic E-state index is 0.0216. The van der Waals surface area contributed by atoms with Crippen LogP contribution in [0.15, 0.2) is 67.0 Å². The van der Waals surface area contributed by atoms with Gasteiger partial charge in [-0.2, -0.15) is 4.98 Å². The molecule has 1 unspecified atom stereocenters. The average molecular weight is 917 g/mol. The number of fused-ring (bicyclic) bond motifs is 1. The zero-order valence-corrected chi connectivity index (χ0v) is 37.5. The number of imide groups is 1. The smallest absolute Gasteiger partial charge is 0.317 e. The molecule has 18 nitrogen and oxygen atoms in total. The molecule has 0 bridgehead atoms. The Morgan fingerprint density at radius 1 is 0.909 bits per heavy atom. The van der Waals surface area contributed by atoms with Gasteiger partial charge in [0.05, 0.1) is 42.5 Å². The molecule has 3 fully saturated rings. The lowest BCUT2D eigenvalue weighted by Gasteiger charge is -2.37. The summed E-state index contributed by atoms with van der Waals surface area (Å²) >= 11 is 6.39. The van der Waals surface area contributed by atoms with E-state index < -0.39 is 11.9 Å². The number of pyridine rings is 1. The first kappa shape index (κ1) is 45.7. The lowest BCUT2D eigenvalue weighted by atomic mass is 9.91. The van der Waals surface area contributed by atoms with Crippen molar-refractivity contribution in [2.45, 2.75) is 69.6 Å². The number of nitrogens with zero attached hydrogens (tertiary/aromatic N) is 6. The van der Waals surface area contributed by atoms with Crippen LogP contribution in [0.2, 0.25) is 5.02 Å². The van der Waals surface area contributed by atoms with E-state index in [9.17, 15) is 24.0 Å².